The number of nitrogens with one attached hydrogen (secondary N) is 1. The highest BCUT2D eigenvalue weighted by Crippen LogP contribution is 2.18. The van der Waals surface area contributed by atoms with E-state index in [9.17, 15) is 9.18 Å². The van der Waals surface area contributed by atoms with Crippen molar-refractivity contribution >= 4 is 6.03 Å². The number of hydrogen-bond acceptors (Lipinski definition) is 2. The third kappa shape index (κ3) is 3.88. The van der Waals surface area contributed by atoms with Gasteiger partial charge in [0.15, 0.2) is 0 Å². The van der Waals surface area contributed by atoms with Gasteiger partial charge in [0.25, 0.3) is 0 Å². The Morgan fingerprint density at radius 2 is 1.91 bits per heavy atom. The minimum Gasteiger partial charge on any atom is -0.333 e. The quantitative estimate of drug-likeness (QED) is 0.941. The predicted octanol–water partition coefficient (Wildman–Crippen LogP) is 3.21. The summed E-state index contributed by atoms with van der Waals surface area (Å²) in [5.41, 5.74) is 1.66. The van der Waals surface area contributed by atoms with Crippen molar-refractivity contribution in [2.24, 2.45) is 0 Å². The van der Waals surface area contributed by atoms with Gasteiger partial charge in [0.2, 0.25) is 6.30 Å². The van der Waals surface area contributed by atoms with Gasteiger partial charge < -0.3 is 10.2 Å². The molecule has 1 aromatic heterocycles. The highest BCUT2D eigenvalue weighted by molar-refractivity contribution is 5.74. The summed E-state index contributed by atoms with van der Waals surface area (Å²) in [7, 11) is 0. The maximum atomic E-state index is 14.3. The lowest BCUT2D eigenvalue weighted by molar-refractivity contribution is 0.171. The van der Waals surface area contributed by atoms with Crippen molar-refractivity contribution in [2.45, 2.75) is 25.6 Å². The molecule has 0 aliphatic carbocycles. The fourth-order valence-electron chi connectivity index (χ4n) is 2.73. The van der Waals surface area contributed by atoms with Crippen LogP contribution < -0.4 is 5.32 Å². The molecule has 1 atom stereocenters. The van der Waals surface area contributed by atoms with E-state index < -0.39 is 6.30 Å². The number of likely N-dealkylation sites (tertiary alicyclic amines) is 1. The first kappa shape index (κ1) is 15.5. The summed E-state index contributed by atoms with van der Waals surface area (Å²) in [6.07, 6.45) is 3.42. The zero-order valence-electron chi connectivity index (χ0n) is 13.0. The maximum Gasteiger partial charge on any atom is 0.317 e. The zero-order chi connectivity index (χ0) is 16.1. The molecule has 1 fully saturated rings. The fraction of sp³-hybridized carbons (Fsp3) is 0.412. The average Bonchev–Trinajstić information content (AvgIpc) is 3.11. The van der Waals surface area contributed by atoms with Crippen LogP contribution in [0.25, 0.3) is 11.3 Å². The first-order valence-electron chi connectivity index (χ1n) is 8.01. The van der Waals surface area contributed by atoms with Gasteiger partial charge in [-0.15, -0.1) is 0 Å². The molecule has 3 rings (SSSR count). The Hall–Kier alpha value is -2.37. The lowest BCUT2D eigenvalue weighted by Gasteiger charge is -2.27. The van der Waals surface area contributed by atoms with E-state index in [1.807, 2.05) is 30.3 Å². The number of halogens is 1. The fourth-order valence-corrected chi connectivity index (χ4v) is 2.73. The smallest absolute Gasteiger partial charge is 0.317 e. The minimum absolute atomic E-state index is 0.0781. The van der Waals surface area contributed by atoms with Crippen molar-refractivity contribution in [1.29, 1.82) is 0 Å². The molecular formula is C17H21FN4O. The van der Waals surface area contributed by atoms with E-state index in [0.717, 1.165) is 43.6 Å². The third-order valence-corrected chi connectivity index (χ3v) is 4.03. The standard InChI is InChI=1S/C17H21FN4O/c18-16(13-19-17(23)21-10-5-2-6-11-21)22-12-9-15(20-22)14-7-3-1-4-8-14/h1,3-4,7-9,12,16H,2,5-6,10-11,13H2,(H,19,23). The molecule has 0 radical (unpaired) electrons. The Balaban J connectivity index is 1.55. The largest absolute Gasteiger partial charge is 0.333 e. The molecule has 1 aliphatic rings. The number of hydrogen-bond donors (Lipinski definition) is 1. The molecule has 2 amide bonds. The summed E-state index contributed by atoms with van der Waals surface area (Å²) >= 11 is 0. The van der Waals surface area contributed by atoms with E-state index in [0.29, 0.717) is 0 Å². The van der Waals surface area contributed by atoms with Crippen LogP contribution in [0.15, 0.2) is 42.6 Å². The highest BCUT2D eigenvalue weighted by atomic mass is 19.1. The van der Waals surface area contributed by atoms with E-state index in [2.05, 4.69) is 10.4 Å². The summed E-state index contributed by atoms with van der Waals surface area (Å²) in [6, 6.07) is 11.2. The molecule has 2 heterocycles. The number of aromatic nitrogens is 2. The second-order valence-corrected chi connectivity index (χ2v) is 5.72. The van der Waals surface area contributed by atoms with Crippen molar-refractivity contribution in [1.82, 2.24) is 20.0 Å². The molecule has 1 saturated heterocycles. The number of alkyl halides is 1. The summed E-state index contributed by atoms with van der Waals surface area (Å²) in [5.74, 6) is 0. The van der Waals surface area contributed by atoms with Gasteiger partial charge in [-0.1, -0.05) is 30.3 Å². The van der Waals surface area contributed by atoms with Crippen molar-refractivity contribution in [2.75, 3.05) is 19.6 Å². The van der Waals surface area contributed by atoms with Gasteiger partial charge in [0.1, 0.15) is 0 Å². The van der Waals surface area contributed by atoms with Crippen LogP contribution >= 0.6 is 0 Å². The first-order valence-corrected chi connectivity index (χ1v) is 8.01. The van der Waals surface area contributed by atoms with Gasteiger partial charge in [0.05, 0.1) is 12.2 Å². The van der Waals surface area contributed by atoms with Gasteiger partial charge in [-0.3, -0.25) is 0 Å². The van der Waals surface area contributed by atoms with Crippen molar-refractivity contribution in [3.8, 4) is 11.3 Å². The Morgan fingerprint density at radius 1 is 1.17 bits per heavy atom. The number of nitrogens with zero attached hydrogens (tertiary/aromatic N) is 3. The molecule has 5 nitrogen and oxygen atoms in total. The average molecular weight is 316 g/mol. The Labute approximate surface area is 135 Å². The van der Waals surface area contributed by atoms with Gasteiger partial charge in [-0.05, 0) is 25.3 Å². The number of carbonyl (C=O) groups is 1. The minimum atomic E-state index is -1.37. The second kappa shape index (κ2) is 7.26. The molecule has 1 N–H and O–H groups in total. The van der Waals surface area contributed by atoms with Gasteiger partial charge in [0, 0.05) is 24.8 Å². The first-order chi connectivity index (χ1) is 11.2. The number of piperidine rings is 1. The van der Waals surface area contributed by atoms with Gasteiger partial charge in [-0.25, -0.2) is 13.9 Å². The Kier molecular flexibility index (Phi) is 4.90. The maximum absolute atomic E-state index is 14.3. The van der Waals surface area contributed by atoms with Crippen molar-refractivity contribution in [3.63, 3.8) is 0 Å². The molecule has 0 spiro atoms. The Bertz CT molecular complexity index is 637. The monoisotopic (exact) mass is 316 g/mol. The van der Waals surface area contributed by atoms with Crippen LogP contribution in [-0.4, -0.2) is 40.3 Å². The molecule has 0 saturated carbocycles. The molecule has 0 bridgehead atoms. The van der Waals surface area contributed by atoms with E-state index in [4.69, 9.17) is 0 Å². The van der Waals surface area contributed by atoms with Crippen LogP contribution in [0.2, 0.25) is 0 Å². The number of urea groups is 1. The molecule has 23 heavy (non-hydrogen) atoms. The predicted molar refractivity (Wildman–Crippen MR) is 86.6 cm³/mol. The van der Waals surface area contributed by atoms with E-state index in [-0.39, 0.29) is 12.6 Å². The molecule has 6 heteroatoms. The lowest BCUT2D eigenvalue weighted by atomic mass is 10.1. The number of benzene rings is 1. The van der Waals surface area contributed by atoms with E-state index in [1.165, 1.54) is 4.68 Å². The van der Waals surface area contributed by atoms with Crippen molar-refractivity contribution < 1.29 is 9.18 Å². The van der Waals surface area contributed by atoms with Crippen molar-refractivity contribution in [3.05, 3.63) is 42.6 Å². The molecule has 2 aromatic rings. The van der Waals surface area contributed by atoms with Gasteiger partial charge in [-0.2, -0.15) is 5.10 Å². The summed E-state index contributed by atoms with van der Waals surface area (Å²) in [6.45, 7) is 1.43. The normalized spacial score (nSPS) is 16.1. The zero-order valence-corrected chi connectivity index (χ0v) is 13.0. The number of rotatable bonds is 4. The Morgan fingerprint density at radius 3 is 2.65 bits per heavy atom. The van der Waals surface area contributed by atoms with E-state index >= 15 is 0 Å². The molecule has 122 valence electrons. The van der Waals surface area contributed by atoms with Crippen LogP contribution in [0.4, 0.5) is 9.18 Å². The van der Waals surface area contributed by atoms with Crippen LogP contribution in [0.5, 0.6) is 0 Å². The summed E-state index contributed by atoms with van der Waals surface area (Å²) < 4.78 is 15.5. The summed E-state index contributed by atoms with van der Waals surface area (Å²) in [5, 5.41) is 6.90. The molecule has 1 aliphatic heterocycles. The topological polar surface area (TPSA) is 50.2 Å². The lowest BCUT2D eigenvalue weighted by Crippen LogP contribution is -2.44. The van der Waals surface area contributed by atoms with Gasteiger partial charge >= 0.3 is 6.03 Å². The van der Waals surface area contributed by atoms with Crippen LogP contribution in [0.3, 0.4) is 0 Å². The third-order valence-electron chi connectivity index (χ3n) is 4.03. The molecule has 1 unspecified atom stereocenters. The number of carbonyl (C=O) groups excluding carboxylic acids is 1. The summed E-state index contributed by atoms with van der Waals surface area (Å²) in [4.78, 5) is 13.7. The van der Waals surface area contributed by atoms with Crippen LogP contribution in [0.1, 0.15) is 25.6 Å². The number of amides is 2. The SMILES string of the molecule is O=C(NCC(F)n1ccc(-c2ccccc2)n1)N1CCCCC1. The highest BCUT2D eigenvalue weighted by Gasteiger charge is 2.18. The van der Waals surface area contributed by atoms with Crippen LogP contribution in [0, 0.1) is 0 Å². The second-order valence-electron chi connectivity index (χ2n) is 5.72. The van der Waals surface area contributed by atoms with Crippen LogP contribution in [-0.2, 0) is 0 Å². The van der Waals surface area contributed by atoms with E-state index in [1.54, 1.807) is 17.2 Å². The molecular weight excluding hydrogens is 295 g/mol. The molecule has 1 aromatic carbocycles.